The summed E-state index contributed by atoms with van der Waals surface area (Å²) in [7, 11) is 0. The van der Waals surface area contributed by atoms with Crippen LogP contribution >= 0.6 is 0 Å². The molecule has 9 heavy (non-hydrogen) atoms. The van der Waals surface area contributed by atoms with E-state index in [2.05, 4.69) is 19.1 Å². The van der Waals surface area contributed by atoms with E-state index >= 15 is 0 Å². The van der Waals surface area contributed by atoms with Gasteiger partial charge in [0.05, 0.1) is 12.0 Å². The van der Waals surface area contributed by atoms with Crippen LogP contribution in [0.1, 0.15) is 26.7 Å². The fourth-order valence-electron chi connectivity index (χ4n) is 0.510. The Morgan fingerprint density at radius 1 is 1.67 bits per heavy atom. The summed E-state index contributed by atoms with van der Waals surface area (Å²) >= 11 is 0. The number of allylic oxidation sites excluding steroid dienone is 2. The molecule has 50 valence electrons. The van der Waals surface area contributed by atoms with Crippen LogP contribution < -0.4 is 0 Å². The smallest absolute Gasteiger partial charge is 0.0694 e. The number of nitriles is 1. The first-order valence-electron chi connectivity index (χ1n) is 3.37. The molecule has 0 spiro atoms. The van der Waals surface area contributed by atoms with Crippen molar-refractivity contribution in [1.29, 1.82) is 5.26 Å². The van der Waals surface area contributed by atoms with Crippen molar-refractivity contribution in [3.05, 3.63) is 12.2 Å². The molecule has 0 N–H and O–H groups in total. The Bertz CT molecular complexity index is 119. The Morgan fingerprint density at radius 3 is 2.78 bits per heavy atom. The quantitative estimate of drug-likeness (QED) is 0.529. The van der Waals surface area contributed by atoms with Gasteiger partial charge in [0.25, 0.3) is 0 Å². The van der Waals surface area contributed by atoms with E-state index < -0.39 is 0 Å². The average Bonchev–Trinajstić information content (AvgIpc) is 1.89. The van der Waals surface area contributed by atoms with E-state index in [1.807, 2.05) is 13.0 Å². The molecule has 0 fully saturated rings. The lowest BCUT2D eigenvalue weighted by molar-refractivity contribution is 0.911. The minimum absolute atomic E-state index is 0.0801. The highest BCUT2D eigenvalue weighted by Crippen LogP contribution is 1.96. The predicted octanol–water partition coefficient (Wildman–Crippen LogP) is 2.50. The van der Waals surface area contributed by atoms with Gasteiger partial charge in [0.2, 0.25) is 0 Å². The molecule has 1 atom stereocenters. The molecule has 0 amide bonds. The van der Waals surface area contributed by atoms with E-state index in [4.69, 9.17) is 5.26 Å². The van der Waals surface area contributed by atoms with Crippen molar-refractivity contribution in [2.24, 2.45) is 5.92 Å². The monoisotopic (exact) mass is 123 g/mol. The molecule has 0 aliphatic heterocycles. The van der Waals surface area contributed by atoms with E-state index in [-0.39, 0.29) is 5.92 Å². The number of hydrogen-bond acceptors (Lipinski definition) is 1. The van der Waals surface area contributed by atoms with Crippen LogP contribution in [0.5, 0.6) is 0 Å². The molecule has 0 radical (unpaired) electrons. The van der Waals surface area contributed by atoms with E-state index in [0.717, 1.165) is 12.8 Å². The largest absolute Gasteiger partial charge is 0.198 e. The first-order chi connectivity index (χ1) is 4.31. The highest BCUT2D eigenvalue weighted by molar-refractivity contribution is 4.96. The molecule has 1 unspecified atom stereocenters. The van der Waals surface area contributed by atoms with Crippen LogP contribution in [0, 0.1) is 17.2 Å². The number of hydrogen-bond donors (Lipinski definition) is 0. The van der Waals surface area contributed by atoms with E-state index in [1.54, 1.807) is 0 Å². The minimum atomic E-state index is 0.0801. The third kappa shape index (κ3) is 5.10. The molecular weight excluding hydrogens is 110 g/mol. The average molecular weight is 123 g/mol. The molecule has 0 bridgehead atoms. The molecular formula is C8H13N. The second-order valence-corrected chi connectivity index (χ2v) is 2.13. The molecule has 0 aromatic rings. The normalized spacial score (nSPS) is 13.4. The fraction of sp³-hybridized carbons (Fsp3) is 0.625. The van der Waals surface area contributed by atoms with Gasteiger partial charge in [0, 0.05) is 0 Å². The SMILES string of the molecule is CCC/C=C/C(C)C#N. The second kappa shape index (κ2) is 5.37. The van der Waals surface area contributed by atoms with Crippen molar-refractivity contribution in [2.75, 3.05) is 0 Å². The van der Waals surface area contributed by atoms with Gasteiger partial charge in [0.15, 0.2) is 0 Å². The number of unbranched alkanes of at least 4 members (excludes halogenated alkanes) is 1. The minimum Gasteiger partial charge on any atom is -0.198 e. The summed E-state index contributed by atoms with van der Waals surface area (Å²) in [6, 6.07) is 2.14. The second-order valence-electron chi connectivity index (χ2n) is 2.13. The van der Waals surface area contributed by atoms with Crippen LogP contribution in [0.2, 0.25) is 0 Å². The third-order valence-electron chi connectivity index (χ3n) is 1.08. The van der Waals surface area contributed by atoms with E-state index in [1.165, 1.54) is 0 Å². The maximum Gasteiger partial charge on any atom is 0.0694 e. The van der Waals surface area contributed by atoms with Gasteiger partial charge in [-0.3, -0.25) is 0 Å². The first kappa shape index (κ1) is 8.23. The summed E-state index contributed by atoms with van der Waals surface area (Å²) in [5, 5.41) is 8.33. The van der Waals surface area contributed by atoms with Crippen LogP contribution in [-0.2, 0) is 0 Å². The molecule has 0 rings (SSSR count). The Labute approximate surface area is 57.0 Å². The van der Waals surface area contributed by atoms with Crippen molar-refractivity contribution in [2.45, 2.75) is 26.7 Å². The lowest BCUT2D eigenvalue weighted by atomic mass is 10.2. The van der Waals surface area contributed by atoms with Crippen molar-refractivity contribution >= 4 is 0 Å². The number of rotatable bonds is 3. The molecule has 0 saturated carbocycles. The molecule has 0 aliphatic carbocycles. The zero-order chi connectivity index (χ0) is 7.11. The van der Waals surface area contributed by atoms with Crippen LogP contribution in [0.4, 0.5) is 0 Å². The first-order valence-corrected chi connectivity index (χ1v) is 3.37. The van der Waals surface area contributed by atoms with Gasteiger partial charge in [-0.2, -0.15) is 5.26 Å². The maximum atomic E-state index is 8.33. The Balaban J connectivity index is 3.35. The van der Waals surface area contributed by atoms with E-state index in [0.29, 0.717) is 0 Å². The molecule has 1 heteroatoms. The van der Waals surface area contributed by atoms with Crippen molar-refractivity contribution < 1.29 is 0 Å². The lowest BCUT2D eigenvalue weighted by Gasteiger charge is -1.88. The van der Waals surface area contributed by atoms with Gasteiger partial charge in [-0.1, -0.05) is 25.5 Å². The van der Waals surface area contributed by atoms with Crippen LogP contribution in [-0.4, -0.2) is 0 Å². The van der Waals surface area contributed by atoms with Crippen molar-refractivity contribution in [1.82, 2.24) is 0 Å². The molecule has 0 aliphatic rings. The predicted molar refractivity (Wildman–Crippen MR) is 38.8 cm³/mol. The fourth-order valence-corrected chi connectivity index (χ4v) is 0.510. The zero-order valence-electron chi connectivity index (χ0n) is 6.09. The summed E-state index contributed by atoms with van der Waals surface area (Å²) in [5.41, 5.74) is 0. The molecule has 1 nitrogen and oxygen atoms in total. The van der Waals surface area contributed by atoms with Crippen molar-refractivity contribution in [3.63, 3.8) is 0 Å². The Morgan fingerprint density at radius 2 is 2.33 bits per heavy atom. The van der Waals surface area contributed by atoms with Gasteiger partial charge in [-0.15, -0.1) is 0 Å². The summed E-state index contributed by atoms with van der Waals surface area (Å²) in [6.45, 7) is 4.02. The highest BCUT2D eigenvalue weighted by atomic mass is 14.2. The standard InChI is InChI=1S/C8H13N/c1-3-4-5-6-8(2)7-9/h5-6,8H,3-4H2,1-2H3/b6-5+. The van der Waals surface area contributed by atoms with Crippen LogP contribution in [0.25, 0.3) is 0 Å². The van der Waals surface area contributed by atoms with Crippen LogP contribution in [0.15, 0.2) is 12.2 Å². The molecule has 0 aromatic heterocycles. The summed E-state index contributed by atoms with van der Waals surface area (Å²) in [6.07, 6.45) is 6.26. The topological polar surface area (TPSA) is 23.8 Å². The third-order valence-corrected chi connectivity index (χ3v) is 1.08. The highest BCUT2D eigenvalue weighted by Gasteiger charge is 1.87. The lowest BCUT2D eigenvalue weighted by Crippen LogP contribution is -1.79. The maximum absolute atomic E-state index is 8.33. The van der Waals surface area contributed by atoms with Crippen molar-refractivity contribution in [3.8, 4) is 6.07 Å². The summed E-state index contributed by atoms with van der Waals surface area (Å²) < 4.78 is 0. The van der Waals surface area contributed by atoms with Gasteiger partial charge in [-0.25, -0.2) is 0 Å². The van der Waals surface area contributed by atoms with Gasteiger partial charge >= 0.3 is 0 Å². The summed E-state index contributed by atoms with van der Waals surface area (Å²) in [5.74, 6) is 0.0801. The zero-order valence-corrected chi connectivity index (χ0v) is 6.09. The molecule has 0 aromatic carbocycles. The number of nitrogens with zero attached hydrogens (tertiary/aromatic N) is 1. The van der Waals surface area contributed by atoms with Gasteiger partial charge in [-0.05, 0) is 13.3 Å². The van der Waals surface area contributed by atoms with Crippen LogP contribution in [0.3, 0.4) is 0 Å². The molecule has 0 heterocycles. The summed E-state index contributed by atoms with van der Waals surface area (Å²) in [4.78, 5) is 0. The Hall–Kier alpha value is -0.770. The van der Waals surface area contributed by atoms with Gasteiger partial charge < -0.3 is 0 Å². The van der Waals surface area contributed by atoms with Gasteiger partial charge in [0.1, 0.15) is 0 Å². The Kier molecular flexibility index (Phi) is 4.91. The van der Waals surface area contributed by atoms with E-state index in [9.17, 15) is 0 Å². The molecule has 0 saturated heterocycles.